The molecule has 1 aliphatic carbocycles. The number of anilines is 1. The fraction of sp³-hybridized carbons (Fsp3) is 0.414. The van der Waals surface area contributed by atoms with Gasteiger partial charge >= 0.3 is 5.97 Å². The lowest BCUT2D eigenvalue weighted by Gasteiger charge is -2.30. The number of morpholine rings is 1. The van der Waals surface area contributed by atoms with Crippen molar-refractivity contribution in [3.8, 4) is 22.8 Å². The highest BCUT2D eigenvalue weighted by atomic mass is 32.1. The Morgan fingerprint density at radius 2 is 1.87 bits per heavy atom. The van der Waals surface area contributed by atoms with Crippen LogP contribution in [0.3, 0.4) is 0 Å². The van der Waals surface area contributed by atoms with Crippen LogP contribution in [0.5, 0.6) is 11.5 Å². The van der Waals surface area contributed by atoms with Crippen LogP contribution >= 0.6 is 11.3 Å². The fourth-order valence-corrected chi connectivity index (χ4v) is 6.20. The maximum Gasteiger partial charge on any atom is 0.304 e. The van der Waals surface area contributed by atoms with Crippen molar-refractivity contribution in [2.75, 3.05) is 58.5 Å². The minimum Gasteiger partial charge on any atom is -0.496 e. The number of fused-ring (bicyclic) bond motifs is 1. The van der Waals surface area contributed by atoms with E-state index in [1.807, 2.05) is 47.8 Å². The Labute approximate surface area is 231 Å². The van der Waals surface area contributed by atoms with Crippen molar-refractivity contribution in [2.45, 2.75) is 19.3 Å². The number of carbonyl (C=O) groups excluding carboxylic acids is 1. The predicted octanol–water partition coefficient (Wildman–Crippen LogP) is 3.75. The molecule has 0 radical (unpaired) electrons. The number of aromatic nitrogens is 1. The molecule has 5 rings (SSSR count). The maximum absolute atomic E-state index is 13.8. The van der Waals surface area contributed by atoms with Crippen LogP contribution in [-0.4, -0.2) is 80.5 Å². The molecular formula is C29H33N3O6S. The van der Waals surface area contributed by atoms with Gasteiger partial charge in [-0.2, -0.15) is 0 Å². The highest BCUT2D eigenvalue weighted by molar-refractivity contribution is 7.14. The molecule has 2 aromatic carbocycles. The Kier molecular flexibility index (Phi) is 8.15. The number of carboxylic acid groups (broad SMARTS) is 1. The van der Waals surface area contributed by atoms with Crippen LogP contribution < -0.4 is 14.4 Å². The Balaban J connectivity index is 1.30. The summed E-state index contributed by atoms with van der Waals surface area (Å²) in [7, 11) is 3.27. The average molecular weight is 552 g/mol. The molecule has 10 heteroatoms. The SMILES string of the molecule is COc1cc(OCCN2CCOCC2)ccc1-c1csc(N(C)C(=O)C2(CC(=O)O)Cc3ccccc3C2)n1. The van der Waals surface area contributed by atoms with Crippen LogP contribution in [0.15, 0.2) is 47.8 Å². The molecule has 0 atom stereocenters. The molecule has 9 nitrogen and oxygen atoms in total. The second-order valence-corrected chi connectivity index (χ2v) is 10.9. The molecule has 0 saturated carbocycles. The predicted molar refractivity (Wildman–Crippen MR) is 149 cm³/mol. The molecule has 39 heavy (non-hydrogen) atoms. The van der Waals surface area contributed by atoms with Crippen molar-refractivity contribution < 1.29 is 28.9 Å². The molecular weight excluding hydrogens is 518 g/mol. The number of aliphatic carboxylic acids is 1. The number of carbonyl (C=O) groups is 2. The molecule has 3 aromatic rings. The summed E-state index contributed by atoms with van der Waals surface area (Å²) in [4.78, 5) is 34.1. The van der Waals surface area contributed by atoms with Crippen LogP contribution in [-0.2, 0) is 27.2 Å². The number of carboxylic acids is 1. The molecule has 2 aliphatic rings. The molecule has 1 aliphatic heterocycles. The van der Waals surface area contributed by atoms with Gasteiger partial charge in [0.05, 0.1) is 37.9 Å². The Bertz CT molecular complexity index is 1310. The average Bonchev–Trinajstić information content (AvgIpc) is 3.58. The number of thiazole rings is 1. The summed E-state index contributed by atoms with van der Waals surface area (Å²) < 4.78 is 17.0. The lowest BCUT2D eigenvalue weighted by Crippen LogP contribution is -2.44. The van der Waals surface area contributed by atoms with E-state index in [0.29, 0.717) is 41.8 Å². The van der Waals surface area contributed by atoms with E-state index in [-0.39, 0.29) is 12.3 Å². The summed E-state index contributed by atoms with van der Waals surface area (Å²) in [5, 5.41) is 12.0. The fourth-order valence-electron chi connectivity index (χ4n) is 5.41. The first-order valence-corrected chi connectivity index (χ1v) is 13.9. The number of methoxy groups -OCH3 is 1. The van der Waals surface area contributed by atoms with Crippen LogP contribution in [0.25, 0.3) is 11.3 Å². The Morgan fingerprint density at radius 3 is 2.54 bits per heavy atom. The topological polar surface area (TPSA) is 101 Å². The minimum atomic E-state index is -1.03. The van der Waals surface area contributed by atoms with Crippen molar-refractivity contribution in [3.63, 3.8) is 0 Å². The van der Waals surface area contributed by atoms with E-state index in [9.17, 15) is 14.7 Å². The molecule has 1 fully saturated rings. The van der Waals surface area contributed by atoms with E-state index in [0.717, 1.165) is 49.5 Å². The summed E-state index contributed by atoms with van der Waals surface area (Å²) in [5.74, 6) is 0.112. The molecule has 1 aromatic heterocycles. The third-order valence-corrected chi connectivity index (χ3v) is 8.35. The normalized spacial score (nSPS) is 16.5. The minimum absolute atomic E-state index is 0.232. The van der Waals surface area contributed by atoms with Gasteiger partial charge in [-0.15, -0.1) is 11.3 Å². The lowest BCUT2D eigenvalue weighted by atomic mass is 9.80. The van der Waals surface area contributed by atoms with Gasteiger partial charge in [-0.25, -0.2) is 4.98 Å². The van der Waals surface area contributed by atoms with Crippen molar-refractivity contribution in [2.24, 2.45) is 5.41 Å². The van der Waals surface area contributed by atoms with Crippen molar-refractivity contribution in [1.29, 1.82) is 0 Å². The lowest BCUT2D eigenvalue weighted by molar-refractivity contribution is -0.144. The van der Waals surface area contributed by atoms with E-state index in [2.05, 4.69) is 4.90 Å². The van der Waals surface area contributed by atoms with Gasteiger partial charge in [0, 0.05) is 43.7 Å². The maximum atomic E-state index is 13.8. The van der Waals surface area contributed by atoms with E-state index < -0.39 is 11.4 Å². The molecule has 0 unspecified atom stereocenters. The van der Waals surface area contributed by atoms with Gasteiger partial charge in [0.2, 0.25) is 5.91 Å². The second kappa shape index (κ2) is 11.7. The van der Waals surface area contributed by atoms with E-state index in [4.69, 9.17) is 19.2 Å². The van der Waals surface area contributed by atoms with Gasteiger partial charge in [-0.05, 0) is 36.1 Å². The van der Waals surface area contributed by atoms with Gasteiger partial charge < -0.3 is 19.3 Å². The Hall–Kier alpha value is -3.47. The summed E-state index contributed by atoms with van der Waals surface area (Å²) in [5.41, 5.74) is 2.48. The van der Waals surface area contributed by atoms with Crippen molar-refractivity contribution in [1.82, 2.24) is 9.88 Å². The molecule has 0 bridgehead atoms. The number of hydrogen-bond acceptors (Lipinski definition) is 8. The third kappa shape index (κ3) is 5.93. The zero-order valence-corrected chi connectivity index (χ0v) is 23.0. The van der Waals surface area contributed by atoms with Crippen LogP contribution in [0.2, 0.25) is 0 Å². The molecule has 0 spiro atoms. The molecule has 1 N–H and O–H groups in total. The highest BCUT2D eigenvalue weighted by Gasteiger charge is 2.47. The van der Waals surface area contributed by atoms with Gasteiger partial charge in [0.15, 0.2) is 5.13 Å². The zero-order valence-electron chi connectivity index (χ0n) is 22.2. The van der Waals surface area contributed by atoms with Gasteiger partial charge in [0.25, 0.3) is 0 Å². The van der Waals surface area contributed by atoms with Crippen LogP contribution in [0.4, 0.5) is 5.13 Å². The smallest absolute Gasteiger partial charge is 0.304 e. The molecule has 1 amide bonds. The highest BCUT2D eigenvalue weighted by Crippen LogP contribution is 2.43. The standard InChI is InChI=1S/C29H33N3O6S/c1-31(27(35)29(18-26(33)34)16-20-5-3-4-6-21(20)17-29)28-30-24(19-39-28)23-8-7-22(15-25(23)36-2)38-14-11-32-9-12-37-13-10-32/h3-8,15,19H,9-14,16-18H2,1-2H3,(H,33,34). The summed E-state index contributed by atoms with van der Waals surface area (Å²) in [6.45, 7) is 4.74. The number of ether oxygens (including phenoxy) is 3. The van der Waals surface area contributed by atoms with Crippen molar-refractivity contribution in [3.05, 3.63) is 59.0 Å². The molecule has 206 valence electrons. The first-order valence-electron chi connectivity index (χ1n) is 13.0. The van der Waals surface area contributed by atoms with E-state index >= 15 is 0 Å². The summed E-state index contributed by atoms with van der Waals surface area (Å²) in [6.07, 6.45) is 0.569. The zero-order chi connectivity index (χ0) is 27.4. The van der Waals surface area contributed by atoms with Crippen LogP contribution in [0.1, 0.15) is 17.5 Å². The quantitative estimate of drug-likeness (QED) is 0.407. The largest absolute Gasteiger partial charge is 0.496 e. The monoisotopic (exact) mass is 551 g/mol. The molecule has 1 saturated heterocycles. The summed E-state index contributed by atoms with van der Waals surface area (Å²) >= 11 is 1.34. The second-order valence-electron chi connectivity index (χ2n) is 10.0. The first kappa shape index (κ1) is 27.1. The summed E-state index contributed by atoms with van der Waals surface area (Å²) in [6, 6.07) is 13.4. The third-order valence-electron chi connectivity index (χ3n) is 7.43. The number of rotatable bonds is 10. The number of hydrogen-bond donors (Lipinski definition) is 1. The first-order chi connectivity index (χ1) is 18.9. The molecule has 2 heterocycles. The van der Waals surface area contributed by atoms with Gasteiger partial charge in [-0.1, -0.05) is 24.3 Å². The van der Waals surface area contributed by atoms with Crippen LogP contribution in [0, 0.1) is 5.41 Å². The Morgan fingerprint density at radius 1 is 1.15 bits per heavy atom. The number of nitrogens with zero attached hydrogens (tertiary/aromatic N) is 3. The van der Waals surface area contributed by atoms with E-state index in [1.165, 1.54) is 16.2 Å². The van der Waals surface area contributed by atoms with Crippen molar-refractivity contribution >= 4 is 28.3 Å². The number of benzene rings is 2. The number of amides is 1. The van der Waals surface area contributed by atoms with Gasteiger partial charge in [0.1, 0.15) is 18.1 Å². The van der Waals surface area contributed by atoms with E-state index in [1.54, 1.807) is 14.2 Å². The van der Waals surface area contributed by atoms with Gasteiger partial charge in [-0.3, -0.25) is 19.4 Å².